The summed E-state index contributed by atoms with van der Waals surface area (Å²) in [7, 11) is 0. The fourth-order valence-electron chi connectivity index (χ4n) is 1.37. The number of nitrogens with zero attached hydrogens (tertiary/aromatic N) is 3. The lowest BCUT2D eigenvalue weighted by atomic mass is 10.3. The number of carbonyl (C=O) groups excluding carboxylic acids is 2. The minimum atomic E-state index is -0.442. The first kappa shape index (κ1) is 14.1. The van der Waals surface area contributed by atoms with Crippen molar-refractivity contribution >= 4 is 28.3 Å². The highest BCUT2D eigenvalue weighted by Gasteiger charge is 2.12. The second kappa shape index (κ2) is 6.71. The van der Waals surface area contributed by atoms with Gasteiger partial charge in [0.1, 0.15) is 0 Å². The van der Waals surface area contributed by atoms with Crippen LogP contribution in [0.4, 0.5) is 5.13 Å². The Bertz CT molecular complexity index is 600. The van der Waals surface area contributed by atoms with Gasteiger partial charge in [-0.2, -0.15) is 0 Å². The van der Waals surface area contributed by atoms with Gasteiger partial charge in [0.25, 0.3) is 5.91 Å². The first-order valence-electron chi connectivity index (χ1n) is 5.87. The summed E-state index contributed by atoms with van der Waals surface area (Å²) in [6, 6.07) is 1.62. The molecule has 7 nitrogen and oxygen atoms in total. The minimum absolute atomic E-state index is 0.0645. The number of rotatable bonds is 5. The second-order valence-electron chi connectivity index (χ2n) is 3.65. The Labute approximate surface area is 119 Å². The first-order chi connectivity index (χ1) is 9.69. The molecule has 0 saturated carbocycles. The SMILES string of the molecule is CCOC(=O)Cc1csc(NC(=O)c2ncccn2)n1. The van der Waals surface area contributed by atoms with Crippen molar-refractivity contribution in [3.8, 4) is 0 Å². The van der Waals surface area contributed by atoms with Crippen molar-refractivity contribution in [2.24, 2.45) is 0 Å². The fraction of sp³-hybridized carbons (Fsp3) is 0.250. The smallest absolute Gasteiger partial charge is 0.311 e. The van der Waals surface area contributed by atoms with E-state index < -0.39 is 5.91 Å². The summed E-state index contributed by atoms with van der Waals surface area (Å²) in [6.45, 7) is 2.07. The number of thiazole rings is 1. The molecule has 0 radical (unpaired) electrons. The molecule has 0 saturated heterocycles. The van der Waals surface area contributed by atoms with Crippen LogP contribution in [0.3, 0.4) is 0 Å². The van der Waals surface area contributed by atoms with Gasteiger partial charge in [-0.25, -0.2) is 15.0 Å². The Balaban J connectivity index is 1.96. The van der Waals surface area contributed by atoms with E-state index in [1.807, 2.05) is 0 Å². The van der Waals surface area contributed by atoms with Crippen LogP contribution in [0.15, 0.2) is 23.8 Å². The molecule has 0 aliphatic heterocycles. The maximum absolute atomic E-state index is 11.8. The van der Waals surface area contributed by atoms with E-state index in [0.29, 0.717) is 17.4 Å². The van der Waals surface area contributed by atoms with Crippen molar-refractivity contribution in [2.45, 2.75) is 13.3 Å². The molecule has 0 aliphatic rings. The molecule has 0 aromatic carbocycles. The molecule has 0 aliphatic carbocycles. The molecule has 8 heteroatoms. The monoisotopic (exact) mass is 292 g/mol. The van der Waals surface area contributed by atoms with Crippen LogP contribution in [0.5, 0.6) is 0 Å². The van der Waals surface area contributed by atoms with E-state index >= 15 is 0 Å². The zero-order chi connectivity index (χ0) is 14.4. The van der Waals surface area contributed by atoms with Gasteiger partial charge < -0.3 is 4.74 Å². The number of amides is 1. The van der Waals surface area contributed by atoms with Crippen molar-refractivity contribution in [3.63, 3.8) is 0 Å². The summed E-state index contributed by atoms with van der Waals surface area (Å²) in [5.41, 5.74) is 0.553. The quantitative estimate of drug-likeness (QED) is 0.834. The summed E-state index contributed by atoms with van der Waals surface area (Å²) < 4.78 is 4.82. The molecule has 0 bridgehead atoms. The molecule has 1 N–H and O–H groups in total. The van der Waals surface area contributed by atoms with E-state index in [9.17, 15) is 9.59 Å². The van der Waals surface area contributed by atoms with Crippen molar-refractivity contribution in [1.29, 1.82) is 0 Å². The van der Waals surface area contributed by atoms with Crippen molar-refractivity contribution in [2.75, 3.05) is 11.9 Å². The highest BCUT2D eigenvalue weighted by Crippen LogP contribution is 2.16. The number of hydrogen-bond donors (Lipinski definition) is 1. The Morgan fingerprint density at radius 2 is 2.10 bits per heavy atom. The summed E-state index contributed by atoms with van der Waals surface area (Å²) in [4.78, 5) is 34.9. The average molecular weight is 292 g/mol. The van der Waals surface area contributed by atoms with Gasteiger partial charge in [0.05, 0.1) is 18.7 Å². The first-order valence-corrected chi connectivity index (χ1v) is 6.75. The number of esters is 1. The molecule has 2 heterocycles. The van der Waals surface area contributed by atoms with Gasteiger partial charge in [0, 0.05) is 17.8 Å². The largest absolute Gasteiger partial charge is 0.466 e. The Hall–Kier alpha value is -2.35. The molecule has 104 valence electrons. The molecule has 2 aromatic rings. The van der Waals surface area contributed by atoms with Crippen molar-refractivity contribution in [1.82, 2.24) is 15.0 Å². The van der Waals surface area contributed by atoms with E-state index in [1.165, 1.54) is 23.7 Å². The average Bonchev–Trinajstić information content (AvgIpc) is 2.87. The number of nitrogens with one attached hydrogen (secondary N) is 1. The topological polar surface area (TPSA) is 94.1 Å². The summed E-state index contributed by atoms with van der Waals surface area (Å²) in [6.07, 6.45) is 3.05. The van der Waals surface area contributed by atoms with Gasteiger partial charge in [-0.15, -0.1) is 11.3 Å². The van der Waals surface area contributed by atoms with Gasteiger partial charge in [0.15, 0.2) is 5.13 Å². The Morgan fingerprint density at radius 3 is 2.80 bits per heavy atom. The van der Waals surface area contributed by atoms with Crippen LogP contribution in [-0.4, -0.2) is 33.4 Å². The molecule has 0 spiro atoms. The molecule has 0 unspecified atom stereocenters. The van der Waals surface area contributed by atoms with E-state index in [2.05, 4.69) is 20.3 Å². The van der Waals surface area contributed by atoms with Gasteiger partial charge in [-0.3, -0.25) is 14.9 Å². The second-order valence-corrected chi connectivity index (χ2v) is 4.51. The van der Waals surface area contributed by atoms with E-state index in [4.69, 9.17) is 4.74 Å². The molecule has 0 atom stereocenters. The molecule has 2 rings (SSSR count). The molecular formula is C12H12N4O3S. The fourth-order valence-corrected chi connectivity index (χ4v) is 2.08. The van der Waals surface area contributed by atoms with Gasteiger partial charge in [-0.05, 0) is 13.0 Å². The van der Waals surface area contributed by atoms with Gasteiger partial charge >= 0.3 is 5.97 Å². The van der Waals surface area contributed by atoms with Crippen LogP contribution in [0.1, 0.15) is 23.2 Å². The number of carbonyl (C=O) groups is 2. The molecule has 1 amide bonds. The predicted octanol–water partition coefficient (Wildman–Crippen LogP) is 1.29. The summed E-state index contributed by atoms with van der Waals surface area (Å²) >= 11 is 1.23. The molecule has 20 heavy (non-hydrogen) atoms. The van der Waals surface area contributed by atoms with Gasteiger partial charge in [0.2, 0.25) is 5.82 Å². The van der Waals surface area contributed by atoms with Gasteiger partial charge in [-0.1, -0.05) is 0 Å². The van der Waals surface area contributed by atoms with Crippen LogP contribution >= 0.6 is 11.3 Å². The summed E-state index contributed by atoms with van der Waals surface area (Å²) in [5, 5.41) is 4.66. The maximum atomic E-state index is 11.8. The normalized spacial score (nSPS) is 10.1. The van der Waals surface area contributed by atoms with Crippen LogP contribution in [0, 0.1) is 0 Å². The lowest BCUT2D eigenvalue weighted by molar-refractivity contribution is -0.142. The third-order valence-electron chi connectivity index (χ3n) is 2.17. The molecular weight excluding hydrogens is 280 g/mol. The van der Waals surface area contributed by atoms with Crippen molar-refractivity contribution in [3.05, 3.63) is 35.4 Å². The standard InChI is InChI=1S/C12H12N4O3S/c1-2-19-9(17)6-8-7-20-12(15-8)16-11(18)10-13-4-3-5-14-10/h3-5,7H,2,6H2,1H3,(H,15,16,18). The van der Waals surface area contributed by atoms with Crippen molar-refractivity contribution < 1.29 is 14.3 Å². The highest BCUT2D eigenvalue weighted by molar-refractivity contribution is 7.14. The third kappa shape index (κ3) is 3.82. The highest BCUT2D eigenvalue weighted by atomic mass is 32.1. The zero-order valence-electron chi connectivity index (χ0n) is 10.7. The number of anilines is 1. The molecule has 2 aromatic heterocycles. The van der Waals surface area contributed by atoms with Crippen LogP contribution in [0.25, 0.3) is 0 Å². The Kier molecular flexibility index (Phi) is 4.72. The summed E-state index contributed by atoms with van der Waals surface area (Å²) in [5.74, 6) is -0.723. The maximum Gasteiger partial charge on any atom is 0.311 e. The number of hydrogen-bond acceptors (Lipinski definition) is 7. The molecule has 0 fully saturated rings. The number of ether oxygens (including phenoxy) is 1. The minimum Gasteiger partial charge on any atom is -0.466 e. The lowest BCUT2D eigenvalue weighted by Gasteiger charge is -1.99. The van der Waals surface area contributed by atoms with Crippen LogP contribution in [0.2, 0.25) is 0 Å². The number of aromatic nitrogens is 3. The lowest BCUT2D eigenvalue weighted by Crippen LogP contribution is -2.15. The Morgan fingerprint density at radius 1 is 1.35 bits per heavy atom. The van der Waals surface area contributed by atoms with E-state index in [1.54, 1.807) is 18.4 Å². The van der Waals surface area contributed by atoms with E-state index in [-0.39, 0.29) is 18.2 Å². The third-order valence-corrected chi connectivity index (χ3v) is 2.98. The zero-order valence-corrected chi connectivity index (χ0v) is 11.5. The van der Waals surface area contributed by atoms with Crippen LogP contribution < -0.4 is 5.32 Å². The predicted molar refractivity (Wildman–Crippen MR) is 72.4 cm³/mol. The van der Waals surface area contributed by atoms with E-state index in [0.717, 1.165) is 0 Å². The van der Waals surface area contributed by atoms with Crippen LogP contribution in [-0.2, 0) is 16.0 Å².